The lowest BCUT2D eigenvalue weighted by Crippen LogP contribution is -2.37. The first-order valence-corrected chi connectivity index (χ1v) is 15.6. The SMILES string of the molecule is CCCc1c(Cc2ccc(-c3ccccc3C#N)cc2F)c(=O)n(C2CCC(OC(C)C(=O)OC(C)(C)C)CC2)c2ncnn12. The van der Waals surface area contributed by atoms with Crippen LogP contribution in [0, 0.1) is 17.1 Å². The Morgan fingerprint density at radius 3 is 2.56 bits per heavy atom. The van der Waals surface area contributed by atoms with Gasteiger partial charge < -0.3 is 9.47 Å². The van der Waals surface area contributed by atoms with Crippen molar-refractivity contribution >= 4 is 11.7 Å². The quantitative estimate of drug-likeness (QED) is 0.203. The summed E-state index contributed by atoms with van der Waals surface area (Å²) in [7, 11) is 0. The van der Waals surface area contributed by atoms with Crippen molar-refractivity contribution in [3.05, 3.63) is 87.3 Å². The fraction of sp³-hybridized carbons (Fsp3) is 0.457. The van der Waals surface area contributed by atoms with Crippen LogP contribution in [-0.2, 0) is 27.1 Å². The van der Waals surface area contributed by atoms with Crippen molar-refractivity contribution in [3.63, 3.8) is 0 Å². The maximum absolute atomic E-state index is 15.6. The van der Waals surface area contributed by atoms with E-state index in [1.54, 1.807) is 46.3 Å². The Labute approximate surface area is 262 Å². The number of nitriles is 1. The van der Waals surface area contributed by atoms with Gasteiger partial charge in [0.25, 0.3) is 5.56 Å². The molecule has 2 heterocycles. The van der Waals surface area contributed by atoms with E-state index < -0.39 is 23.5 Å². The van der Waals surface area contributed by atoms with Gasteiger partial charge in [0.05, 0.1) is 23.4 Å². The van der Waals surface area contributed by atoms with E-state index >= 15 is 4.39 Å². The maximum Gasteiger partial charge on any atom is 0.335 e. The standard InChI is InChI=1S/C35H40FN5O4/c1-6-9-31-29(18-24-13-12-23(19-30(24)36)28-11-8-7-10-25(28)20-37)32(42)40(34-38-21-39-41(31)34)26-14-16-27(17-15-26)44-22(2)33(43)45-35(3,4)5/h7-8,10-13,19,21-22,26-27H,6,9,14-18H2,1-5H3. The molecule has 0 amide bonds. The number of esters is 1. The second-order valence-electron chi connectivity index (χ2n) is 12.7. The smallest absolute Gasteiger partial charge is 0.335 e. The van der Waals surface area contributed by atoms with Gasteiger partial charge in [-0.05, 0) is 88.6 Å². The predicted octanol–water partition coefficient (Wildman–Crippen LogP) is 6.34. The Morgan fingerprint density at radius 2 is 1.89 bits per heavy atom. The van der Waals surface area contributed by atoms with E-state index in [0.29, 0.717) is 65.7 Å². The minimum absolute atomic E-state index is 0.0990. The maximum atomic E-state index is 15.6. The van der Waals surface area contributed by atoms with Gasteiger partial charge in [-0.25, -0.2) is 13.7 Å². The molecule has 0 N–H and O–H groups in total. The summed E-state index contributed by atoms with van der Waals surface area (Å²) in [5.74, 6) is -0.358. The van der Waals surface area contributed by atoms with E-state index in [1.165, 1.54) is 12.4 Å². The lowest BCUT2D eigenvalue weighted by molar-refractivity contribution is -0.172. The number of hydrogen-bond donors (Lipinski definition) is 0. The molecule has 0 bridgehead atoms. The monoisotopic (exact) mass is 613 g/mol. The van der Waals surface area contributed by atoms with Gasteiger partial charge >= 0.3 is 5.97 Å². The highest BCUT2D eigenvalue weighted by atomic mass is 19.1. The molecule has 45 heavy (non-hydrogen) atoms. The number of aryl methyl sites for hydroxylation is 1. The van der Waals surface area contributed by atoms with Crippen LogP contribution in [-0.4, -0.2) is 42.9 Å². The van der Waals surface area contributed by atoms with E-state index in [-0.39, 0.29) is 24.1 Å². The number of hydrogen-bond acceptors (Lipinski definition) is 7. The van der Waals surface area contributed by atoms with Gasteiger partial charge in [-0.1, -0.05) is 43.7 Å². The summed E-state index contributed by atoms with van der Waals surface area (Å²) in [5.41, 5.74) is 2.56. The molecule has 1 unspecified atom stereocenters. The third-order valence-corrected chi connectivity index (χ3v) is 8.24. The number of carbonyl (C=O) groups is 1. The molecule has 10 heteroatoms. The van der Waals surface area contributed by atoms with Crippen LogP contribution in [0.1, 0.15) is 95.1 Å². The Kier molecular flexibility index (Phi) is 9.49. The number of aromatic nitrogens is 4. The lowest BCUT2D eigenvalue weighted by Gasteiger charge is -2.32. The molecule has 0 spiro atoms. The number of carbonyl (C=O) groups excluding carboxylic acids is 1. The summed E-state index contributed by atoms with van der Waals surface area (Å²) >= 11 is 0. The molecule has 1 fully saturated rings. The number of ether oxygens (including phenoxy) is 2. The zero-order valence-electron chi connectivity index (χ0n) is 26.5. The first-order chi connectivity index (χ1) is 21.5. The van der Waals surface area contributed by atoms with Crippen LogP contribution in [0.3, 0.4) is 0 Å². The topological polar surface area (TPSA) is 112 Å². The van der Waals surface area contributed by atoms with Crippen LogP contribution in [0.25, 0.3) is 16.9 Å². The second kappa shape index (κ2) is 13.3. The van der Waals surface area contributed by atoms with Crippen LogP contribution in [0.5, 0.6) is 0 Å². The number of nitrogens with zero attached hydrogens (tertiary/aromatic N) is 5. The third kappa shape index (κ3) is 6.99. The van der Waals surface area contributed by atoms with Gasteiger partial charge in [0.1, 0.15) is 17.7 Å². The molecule has 0 saturated heterocycles. The van der Waals surface area contributed by atoms with Gasteiger partial charge in [0.2, 0.25) is 5.78 Å². The molecule has 1 aliphatic carbocycles. The summed E-state index contributed by atoms with van der Waals surface area (Å²) in [6, 6.07) is 14.0. The molecule has 0 radical (unpaired) electrons. The van der Waals surface area contributed by atoms with Crippen molar-refractivity contribution in [1.29, 1.82) is 5.26 Å². The van der Waals surface area contributed by atoms with E-state index in [0.717, 1.165) is 12.1 Å². The number of halogens is 1. The minimum atomic E-state index is -0.689. The molecule has 1 atom stereocenters. The molecule has 9 nitrogen and oxygen atoms in total. The van der Waals surface area contributed by atoms with Crippen LogP contribution < -0.4 is 5.56 Å². The third-order valence-electron chi connectivity index (χ3n) is 8.24. The number of rotatable bonds is 9. The van der Waals surface area contributed by atoms with E-state index in [9.17, 15) is 14.9 Å². The van der Waals surface area contributed by atoms with Gasteiger partial charge in [-0.2, -0.15) is 15.3 Å². The Bertz CT molecular complexity index is 1790. The fourth-order valence-electron chi connectivity index (χ4n) is 6.13. The number of benzene rings is 2. The van der Waals surface area contributed by atoms with Crippen LogP contribution in [0.4, 0.5) is 4.39 Å². The van der Waals surface area contributed by atoms with Crippen molar-refractivity contribution in [1.82, 2.24) is 19.2 Å². The van der Waals surface area contributed by atoms with E-state index in [4.69, 9.17) is 9.47 Å². The number of fused-ring (bicyclic) bond motifs is 1. The first-order valence-electron chi connectivity index (χ1n) is 15.6. The molecule has 1 aliphatic rings. The Morgan fingerprint density at radius 1 is 1.16 bits per heavy atom. The van der Waals surface area contributed by atoms with Crippen molar-refractivity contribution in [2.45, 2.75) is 103 Å². The summed E-state index contributed by atoms with van der Waals surface area (Å²) in [5, 5.41) is 14.0. The highest BCUT2D eigenvalue weighted by Gasteiger charge is 2.31. The van der Waals surface area contributed by atoms with Gasteiger partial charge in [0.15, 0.2) is 6.10 Å². The van der Waals surface area contributed by atoms with Crippen molar-refractivity contribution in [2.24, 2.45) is 0 Å². The summed E-state index contributed by atoms with van der Waals surface area (Å²) in [4.78, 5) is 31.2. The average molecular weight is 614 g/mol. The highest BCUT2D eigenvalue weighted by molar-refractivity contribution is 5.74. The molecule has 4 aromatic rings. The predicted molar refractivity (Wildman–Crippen MR) is 168 cm³/mol. The minimum Gasteiger partial charge on any atom is -0.458 e. The van der Waals surface area contributed by atoms with Gasteiger partial charge in [-0.15, -0.1) is 0 Å². The van der Waals surface area contributed by atoms with Gasteiger partial charge in [-0.3, -0.25) is 9.36 Å². The molecule has 5 rings (SSSR count). The molecule has 2 aromatic carbocycles. The van der Waals surface area contributed by atoms with Crippen LogP contribution in [0.15, 0.2) is 53.6 Å². The average Bonchev–Trinajstić information content (AvgIpc) is 3.49. The molecule has 2 aromatic heterocycles. The second-order valence-corrected chi connectivity index (χ2v) is 12.7. The van der Waals surface area contributed by atoms with Crippen LogP contribution >= 0.6 is 0 Å². The van der Waals surface area contributed by atoms with Crippen molar-refractivity contribution < 1.29 is 18.7 Å². The summed E-state index contributed by atoms with van der Waals surface area (Å²) in [6.07, 6.45) is 4.73. The zero-order chi connectivity index (χ0) is 32.3. The zero-order valence-corrected chi connectivity index (χ0v) is 26.5. The van der Waals surface area contributed by atoms with Crippen LogP contribution in [0.2, 0.25) is 0 Å². The fourth-order valence-corrected chi connectivity index (χ4v) is 6.13. The summed E-state index contributed by atoms with van der Waals surface area (Å²) in [6.45, 7) is 9.21. The normalized spacial score (nSPS) is 17.6. The Hall–Kier alpha value is -4.36. The Balaban J connectivity index is 1.42. The largest absolute Gasteiger partial charge is 0.458 e. The highest BCUT2D eigenvalue weighted by Crippen LogP contribution is 2.32. The van der Waals surface area contributed by atoms with Crippen molar-refractivity contribution in [3.8, 4) is 17.2 Å². The van der Waals surface area contributed by atoms with Crippen molar-refractivity contribution in [2.75, 3.05) is 0 Å². The van der Waals surface area contributed by atoms with Gasteiger partial charge in [0, 0.05) is 18.0 Å². The molecule has 236 valence electrons. The summed E-state index contributed by atoms with van der Waals surface area (Å²) < 4.78 is 30.6. The molecular weight excluding hydrogens is 573 g/mol. The van der Waals surface area contributed by atoms with E-state index in [1.807, 2.05) is 33.8 Å². The molecule has 0 aliphatic heterocycles. The molecule has 1 saturated carbocycles. The first kappa shape index (κ1) is 32.0. The van der Waals surface area contributed by atoms with E-state index in [2.05, 4.69) is 16.2 Å². The lowest BCUT2D eigenvalue weighted by atomic mass is 9.92. The molecular formula is C35H40FN5O4.